The molecule has 0 atom stereocenters. The van der Waals surface area contributed by atoms with Gasteiger partial charge in [0.05, 0.1) is 6.20 Å². The summed E-state index contributed by atoms with van der Waals surface area (Å²) >= 11 is 4.07. The molecular weight excluding hydrogens is 122 g/mol. The van der Waals surface area contributed by atoms with Crippen molar-refractivity contribution in [2.24, 2.45) is 0 Å². The minimum absolute atomic E-state index is 0.813. The molecule has 4 heteroatoms. The van der Waals surface area contributed by atoms with Crippen LogP contribution in [-0.2, 0) is 6.54 Å². The molecule has 0 spiro atoms. The maximum atomic E-state index is 4.07. The van der Waals surface area contributed by atoms with Crippen molar-refractivity contribution in [3.05, 3.63) is 6.20 Å². The van der Waals surface area contributed by atoms with Gasteiger partial charge in [0.25, 0.3) is 0 Å². The Labute approximate surface area is 53.1 Å². The Hall–Kier alpha value is -0.510. The molecule has 0 fully saturated rings. The van der Waals surface area contributed by atoms with Crippen LogP contribution in [0.2, 0.25) is 0 Å². The fraction of sp³-hybridized carbons (Fsp3) is 0.500. The largest absolute Gasteiger partial charge is 0.239 e. The lowest BCUT2D eigenvalue weighted by atomic mass is 10.7. The second-order valence-corrected chi connectivity index (χ2v) is 1.87. The number of aromatic nitrogens is 3. The van der Waals surface area contributed by atoms with Gasteiger partial charge in [0.2, 0.25) is 0 Å². The molecule has 0 saturated carbocycles. The van der Waals surface area contributed by atoms with E-state index in [2.05, 4.69) is 22.9 Å². The second kappa shape index (κ2) is 2.17. The SMILES string of the molecule is CCn1nncc1S. The number of aryl methyl sites for hydroxylation is 1. The highest BCUT2D eigenvalue weighted by atomic mass is 32.1. The van der Waals surface area contributed by atoms with E-state index in [9.17, 15) is 0 Å². The zero-order valence-corrected chi connectivity index (χ0v) is 5.47. The molecule has 0 radical (unpaired) electrons. The first kappa shape index (κ1) is 5.62. The van der Waals surface area contributed by atoms with E-state index in [4.69, 9.17) is 0 Å². The van der Waals surface area contributed by atoms with Crippen LogP contribution >= 0.6 is 12.6 Å². The molecule has 1 aromatic rings. The van der Waals surface area contributed by atoms with Gasteiger partial charge in [-0.1, -0.05) is 5.21 Å². The van der Waals surface area contributed by atoms with E-state index in [1.165, 1.54) is 0 Å². The molecule has 0 unspecified atom stereocenters. The van der Waals surface area contributed by atoms with Gasteiger partial charge in [-0.05, 0) is 6.92 Å². The van der Waals surface area contributed by atoms with Crippen molar-refractivity contribution >= 4 is 12.6 Å². The van der Waals surface area contributed by atoms with Gasteiger partial charge < -0.3 is 0 Å². The molecular formula is C4H7N3S. The molecule has 0 aliphatic carbocycles. The lowest BCUT2D eigenvalue weighted by Gasteiger charge is -1.91. The minimum atomic E-state index is 0.813. The standard InChI is InChI=1S/C4H7N3S/c1-2-7-4(8)3-5-6-7/h3,8H,2H2,1H3. The van der Waals surface area contributed by atoms with E-state index in [1.807, 2.05) is 6.92 Å². The average Bonchev–Trinajstić information content (AvgIpc) is 2.14. The zero-order chi connectivity index (χ0) is 5.98. The van der Waals surface area contributed by atoms with E-state index in [0.29, 0.717) is 0 Å². The zero-order valence-electron chi connectivity index (χ0n) is 4.57. The van der Waals surface area contributed by atoms with Gasteiger partial charge >= 0.3 is 0 Å². The van der Waals surface area contributed by atoms with E-state index in [-0.39, 0.29) is 0 Å². The smallest absolute Gasteiger partial charge is 0.111 e. The first-order valence-electron chi connectivity index (χ1n) is 2.42. The van der Waals surface area contributed by atoms with Gasteiger partial charge in [0.1, 0.15) is 5.03 Å². The third-order valence-electron chi connectivity index (χ3n) is 0.897. The topological polar surface area (TPSA) is 30.7 Å². The molecule has 1 rings (SSSR count). The van der Waals surface area contributed by atoms with Crippen LogP contribution in [0, 0.1) is 0 Å². The molecule has 0 N–H and O–H groups in total. The molecule has 0 aliphatic rings. The maximum Gasteiger partial charge on any atom is 0.111 e. The lowest BCUT2D eigenvalue weighted by molar-refractivity contribution is 0.584. The van der Waals surface area contributed by atoms with Crippen molar-refractivity contribution < 1.29 is 0 Å². The highest BCUT2D eigenvalue weighted by Gasteiger charge is 1.91. The van der Waals surface area contributed by atoms with Gasteiger partial charge in [0, 0.05) is 6.54 Å². The number of thiol groups is 1. The first-order valence-corrected chi connectivity index (χ1v) is 2.86. The average molecular weight is 129 g/mol. The lowest BCUT2D eigenvalue weighted by Crippen LogP contribution is -1.96. The van der Waals surface area contributed by atoms with E-state index < -0.39 is 0 Å². The van der Waals surface area contributed by atoms with Gasteiger partial charge in [-0.15, -0.1) is 17.7 Å². The van der Waals surface area contributed by atoms with Crippen molar-refractivity contribution in [2.45, 2.75) is 18.5 Å². The first-order chi connectivity index (χ1) is 3.84. The van der Waals surface area contributed by atoms with Crippen LogP contribution in [0.25, 0.3) is 0 Å². The van der Waals surface area contributed by atoms with Crippen molar-refractivity contribution in [3.8, 4) is 0 Å². The molecule has 1 heterocycles. The molecule has 0 aromatic carbocycles. The minimum Gasteiger partial charge on any atom is -0.239 e. The second-order valence-electron chi connectivity index (χ2n) is 1.41. The third-order valence-corrected chi connectivity index (χ3v) is 1.24. The van der Waals surface area contributed by atoms with Crippen LogP contribution in [-0.4, -0.2) is 15.0 Å². The summed E-state index contributed by atoms with van der Waals surface area (Å²) in [5.41, 5.74) is 0. The molecule has 0 bridgehead atoms. The Morgan fingerprint density at radius 2 is 2.62 bits per heavy atom. The Morgan fingerprint density at radius 1 is 1.88 bits per heavy atom. The van der Waals surface area contributed by atoms with Crippen molar-refractivity contribution in [3.63, 3.8) is 0 Å². The summed E-state index contributed by atoms with van der Waals surface area (Å²) in [6.07, 6.45) is 1.62. The fourth-order valence-electron chi connectivity index (χ4n) is 0.478. The van der Waals surface area contributed by atoms with Gasteiger partial charge in [0.15, 0.2) is 0 Å². The van der Waals surface area contributed by atoms with E-state index in [1.54, 1.807) is 10.9 Å². The Morgan fingerprint density at radius 3 is 2.88 bits per heavy atom. The van der Waals surface area contributed by atoms with Crippen molar-refractivity contribution in [1.29, 1.82) is 0 Å². The molecule has 0 amide bonds. The fourth-order valence-corrected chi connectivity index (χ4v) is 0.711. The van der Waals surface area contributed by atoms with Crippen LogP contribution in [0.1, 0.15) is 6.92 Å². The van der Waals surface area contributed by atoms with Crippen LogP contribution in [0.15, 0.2) is 11.2 Å². The normalized spacial score (nSPS) is 9.75. The number of nitrogens with zero attached hydrogens (tertiary/aromatic N) is 3. The Kier molecular flexibility index (Phi) is 1.53. The predicted molar refractivity (Wildman–Crippen MR) is 32.9 cm³/mol. The van der Waals surface area contributed by atoms with Crippen molar-refractivity contribution in [1.82, 2.24) is 15.0 Å². The highest BCUT2D eigenvalue weighted by molar-refractivity contribution is 7.80. The third kappa shape index (κ3) is 0.838. The summed E-state index contributed by atoms with van der Waals surface area (Å²) in [6.45, 7) is 2.83. The predicted octanol–water partition coefficient (Wildman–Crippen LogP) is 0.587. The van der Waals surface area contributed by atoms with Crippen LogP contribution in [0.3, 0.4) is 0 Å². The summed E-state index contributed by atoms with van der Waals surface area (Å²) in [5, 5.41) is 8.17. The van der Waals surface area contributed by atoms with E-state index in [0.717, 1.165) is 11.6 Å². The quantitative estimate of drug-likeness (QED) is 0.562. The van der Waals surface area contributed by atoms with E-state index >= 15 is 0 Å². The van der Waals surface area contributed by atoms with Crippen LogP contribution < -0.4 is 0 Å². The van der Waals surface area contributed by atoms with Gasteiger partial charge in [-0.3, -0.25) is 0 Å². The van der Waals surface area contributed by atoms with Gasteiger partial charge in [-0.25, -0.2) is 4.68 Å². The number of rotatable bonds is 1. The Balaban J connectivity index is 2.92. The van der Waals surface area contributed by atoms with Crippen LogP contribution in [0.4, 0.5) is 0 Å². The number of hydrogen-bond donors (Lipinski definition) is 1. The molecule has 0 saturated heterocycles. The maximum absolute atomic E-state index is 4.07. The monoisotopic (exact) mass is 129 g/mol. The van der Waals surface area contributed by atoms with Crippen LogP contribution in [0.5, 0.6) is 0 Å². The summed E-state index contributed by atoms with van der Waals surface area (Å²) in [4.78, 5) is 0. The summed E-state index contributed by atoms with van der Waals surface area (Å²) in [7, 11) is 0. The summed E-state index contributed by atoms with van der Waals surface area (Å²) in [6, 6.07) is 0. The molecule has 1 aromatic heterocycles. The summed E-state index contributed by atoms with van der Waals surface area (Å²) in [5.74, 6) is 0. The molecule has 44 valence electrons. The number of hydrogen-bond acceptors (Lipinski definition) is 3. The molecule has 3 nitrogen and oxygen atoms in total. The van der Waals surface area contributed by atoms with Crippen molar-refractivity contribution in [2.75, 3.05) is 0 Å². The Bertz CT molecular complexity index is 172. The van der Waals surface area contributed by atoms with Gasteiger partial charge in [-0.2, -0.15) is 0 Å². The molecule has 8 heavy (non-hydrogen) atoms. The molecule has 0 aliphatic heterocycles. The summed E-state index contributed by atoms with van der Waals surface area (Å²) < 4.78 is 1.71. The highest BCUT2D eigenvalue weighted by Crippen LogP contribution is 1.99.